The molecule has 1 heterocycles. The summed E-state index contributed by atoms with van der Waals surface area (Å²) in [4.78, 5) is 14.5. The molecular weight excluding hydrogens is 226 g/mol. The molecule has 0 saturated heterocycles. The molecule has 0 unspecified atom stereocenters. The number of nitrogens with zero attached hydrogens (tertiary/aromatic N) is 1. The van der Waals surface area contributed by atoms with Gasteiger partial charge in [0.25, 0.3) is 0 Å². The van der Waals surface area contributed by atoms with Gasteiger partial charge in [-0.3, -0.25) is 9.79 Å². The van der Waals surface area contributed by atoms with Crippen molar-refractivity contribution in [3.63, 3.8) is 0 Å². The fourth-order valence-corrected chi connectivity index (χ4v) is 1.74. The first kappa shape index (κ1) is 14.4. The molecular formula is C15H21NO2. The third-order valence-corrected chi connectivity index (χ3v) is 2.96. The van der Waals surface area contributed by atoms with Crippen LogP contribution in [0.25, 0.3) is 0 Å². The number of Topliss-reactive ketones (excluding diaryl/α,β-unsaturated/α-hetero) is 1. The van der Waals surface area contributed by atoms with E-state index in [4.69, 9.17) is 0 Å². The van der Waals surface area contributed by atoms with E-state index in [0.29, 0.717) is 24.4 Å². The van der Waals surface area contributed by atoms with E-state index in [1.807, 2.05) is 32.9 Å². The van der Waals surface area contributed by atoms with Crippen molar-refractivity contribution in [2.75, 3.05) is 0 Å². The Morgan fingerprint density at radius 1 is 1.28 bits per heavy atom. The monoisotopic (exact) mass is 247 g/mol. The maximum absolute atomic E-state index is 10.2. The summed E-state index contributed by atoms with van der Waals surface area (Å²) in [6.07, 6.45) is 3.26. The molecule has 0 aromatic heterocycles. The molecule has 0 fully saturated rings. The molecule has 0 spiro atoms. The van der Waals surface area contributed by atoms with Gasteiger partial charge in [0.2, 0.25) is 0 Å². The third kappa shape index (κ3) is 3.99. The second-order valence-corrected chi connectivity index (χ2v) is 4.37. The Bertz CT molecular complexity index is 444. The van der Waals surface area contributed by atoms with E-state index in [0.717, 1.165) is 29.8 Å². The summed E-state index contributed by atoms with van der Waals surface area (Å²) in [5.74, 6) is 0.721. The summed E-state index contributed by atoms with van der Waals surface area (Å²) in [6, 6.07) is 5.49. The number of carbonyl (C=O) groups is 1. The maximum atomic E-state index is 10.2. The summed E-state index contributed by atoms with van der Waals surface area (Å²) in [5.41, 5.74) is 3.06. The van der Waals surface area contributed by atoms with Crippen LogP contribution >= 0.6 is 0 Å². The van der Waals surface area contributed by atoms with Crippen LogP contribution in [0.4, 0.5) is 5.69 Å². The van der Waals surface area contributed by atoms with E-state index in [-0.39, 0.29) is 0 Å². The van der Waals surface area contributed by atoms with E-state index in [2.05, 4.69) is 4.99 Å². The highest BCUT2D eigenvalue weighted by atomic mass is 16.3. The van der Waals surface area contributed by atoms with E-state index in [9.17, 15) is 9.90 Å². The summed E-state index contributed by atoms with van der Waals surface area (Å²) < 4.78 is 0. The molecule has 18 heavy (non-hydrogen) atoms. The number of phenols is 1. The molecule has 0 saturated carbocycles. The lowest BCUT2D eigenvalue weighted by Crippen LogP contribution is -2.01. The lowest BCUT2D eigenvalue weighted by Gasteiger charge is -2.13. The van der Waals surface area contributed by atoms with Crippen molar-refractivity contribution in [2.45, 2.75) is 46.5 Å². The number of rotatable bonds is 2. The fourth-order valence-electron chi connectivity index (χ4n) is 1.74. The standard InChI is InChI=1S/C10H11NO.C5H10O/c1-7-5-6-8-9(11-7)3-2-4-10(8)12;1-3-5(6)4-2/h2-4,12H,5-6H2,1H3;3-4H2,1-2H3. The van der Waals surface area contributed by atoms with E-state index in [1.165, 1.54) is 0 Å². The van der Waals surface area contributed by atoms with Crippen LogP contribution in [0.5, 0.6) is 5.75 Å². The van der Waals surface area contributed by atoms with Crippen LogP contribution in [0.3, 0.4) is 0 Å². The SMILES string of the molecule is CC1=Nc2cccc(O)c2CC1.CCC(=O)CC. The molecule has 1 aliphatic rings. The third-order valence-electron chi connectivity index (χ3n) is 2.96. The summed E-state index contributed by atoms with van der Waals surface area (Å²) >= 11 is 0. The molecule has 0 atom stereocenters. The number of aromatic hydroxyl groups is 1. The molecule has 3 heteroatoms. The number of fused-ring (bicyclic) bond motifs is 1. The van der Waals surface area contributed by atoms with Crippen LogP contribution in [-0.2, 0) is 11.2 Å². The zero-order valence-corrected chi connectivity index (χ0v) is 11.4. The van der Waals surface area contributed by atoms with Crippen LogP contribution in [0.15, 0.2) is 23.2 Å². The number of hydrogen-bond donors (Lipinski definition) is 1. The quantitative estimate of drug-likeness (QED) is 0.864. The fraction of sp³-hybridized carbons (Fsp3) is 0.467. The predicted octanol–water partition coefficient (Wildman–Crippen LogP) is 3.81. The molecule has 1 N–H and O–H groups in total. The first-order chi connectivity index (χ1) is 8.58. The van der Waals surface area contributed by atoms with E-state index < -0.39 is 0 Å². The van der Waals surface area contributed by atoms with Crippen molar-refractivity contribution >= 4 is 17.2 Å². The van der Waals surface area contributed by atoms with Gasteiger partial charge < -0.3 is 5.11 Å². The molecule has 0 aliphatic carbocycles. The van der Waals surface area contributed by atoms with Gasteiger partial charge in [0.1, 0.15) is 11.5 Å². The minimum atomic E-state index is 0.343. The van der Waals surface area contributed by atoms with Gasteiger partial charge in [0.15, 0.2) is 0 Å². The van der Waals surface area contributed by atoms with Gasteiger partial charge in [-0.25, -0.2) is 0 Å². The van der Waals surface area contributed by atoms with Gasteiger partial charge in [0.05, 0.1) is 5.69 Å². The Morgan fingerprint density at radius 2 is 1.94 bits per heavy atom. The van der Waals surface area contributed by atoms with Crippen molar-refractivity contribution in [1.82, 2.24) is 0 Å². The Balaban J connectivity index is 0.000000232. The smallest absolute Gasteiger partial charge is 0.132 e. The maximum Gasteiger partial charge on any atom is 0.132 e. The molecule has 0 radical (unpaired) electrons. The van der Waals surface area contributed by atoms with Crippen molar-refractivity contribution in [3.05, 3.63) is 23.8 Å². The first-order valence-electron chi connectivity index (χ1n) is 6.45. The molecule has 2 rings (SSSR count). The largest absolute Gasteiger partial charge is 0.508 e. The highest BCUT2D eigenvalue weighted by Gasteiger charge is 2.11. The van der Waals surface area contributed by atoms with Gasteiger partial charge in [-0.2, -0.15) is 0 Å². The number of phenolic OH excluding ortho intramolecular Hbond substituents is 1. The molecule has 98 valence electrons. The Morgan fingerprint density at radius 3 is 2.50 bits per heavy atom. The molecule has 3 nitrogen and oxygen atoms in total. The van der Waals surface area contributed by atoms with Gasteiger partial charge >= 0.3 is 0 Å². The summed E-state index contributed by atoms with van der Waals surface area (Å²) in [5, 5.41) is 9.47. The van der Waals surface area contributed by atoms with Crippen molar-refractivity contribution in [2.24, 2.45) is 4.99 Å². The molecule has 1 aliphatic heterocycles. The number of aliphatic imine (C=N–C) groups is 1. The topological polar surface area (TPSA) is 49.7 Å². The van der Waals surface area contributed by atoms with Crippen molar-refractivity contribution in [3.8, 4) is 5.75 Å². The molecule has 0 bridgehead atoms. The predicted molar refractivity (Wildman–Crippen MR) is 74.8 cm³/mol. The van der Waals surface area contributed by atoms with Crippen LogP contribution in [0, 0.1) is 0 Å². The lowest BCUT2D eigenvalue weighted by atomic mass is 10.0. The minimum Gasteiger partial charge on any atom is -0.508 e. The van der Waals surface area contributed by atoms with E-state index in [1.54, 1.807) is 6.07 Å². The second kappa shape index (κ2) is 6.94. The van der Waals surface area contributed by atoms with Crippen LogP contribution in [0.2, 0.25) is 0 Å². The van der Waals surface area contributed by atoms with Crippen LogP contribution < -0.4 is 0 Å². The Hall–Kier alpha value is -1.64. The number of carbonyl (C=O) groups excluding carboxylic acids is 1. The highest BCUT2D eigenvalue weighted by molar-refractivity contribution is 5.87. The highest BCUT2D eigenvalue weighted by Crippen LogP contribution is 2.32. The van der Waals surface area contributed by atoms with Gasteiger partial charge in [-0.15, -0.1) is 0 Å². The lowest BCUT2D eigenvalue weighted by molar-refractivity contribution is -0.118. The zero-order chi connectivity index (χ0) is 13.5. The molecule has 1 aromatic rings. The number of benzene rings is 1. The number of hydrogen-bond acceptors (Lipinski definition) is 3. The normalized spacial score (nSPS) is 12.9. The minimum absolute atomic E-state index is 0.343. The average Bonchev–Trinajstić information content (AvgIpc) is 2.38. The first-order valence-corrected chi connectivity index (χ1v) is 6.45. The van der Waals surface area contributed by atoms with E-state index >= 15 is 0 Å². The summed E-state index contributed by atoms with van der Waals surface area (Å²) in [7, 11) is 0. The summed E-state index contributed by atoms with van der Waals surface area (Å²) in [6.45, 7) is 5.78. The van der Waals surface area contributed by atoms with Crippen LogP contribution in [-0.4, -0.2) is 16.6 Å². The second-order valence-electron chi connectivity index (χ2n) is 4.37. The molecule has 1 aromatic carbocycles. The Labute approximate surface area is 109 Å². The Kier molecular flexibility index (Phi) is 5.56. The zero-order valence-electron chi connectivity index (χ0n) is 11.4. The van der Waals surface area contributed by atoms with Crippen molar-refractivity contribution < 1.29 is 9.90 Å². The van der Waals surface area contributed by atoms with Gasteiger partial charge in [0, 0.05) is 24.1 Å². The molecule has 0 amide bonds. The van der Waals surface area contributed by atoms with Gasteiger partial charge in [-0.05, 0) is 31.9 Å². The van der Waals surface area contributed by atoms with Crippen molar-refractivity contribution in [1.29, 1.82) is 0 Å². The van der Waals surface area contributed by atoms with Crippen LogP contribution in [0.1, 0.15) is 45.6 Å². The van der Waals surface area contributed by atoms with Gasteiger partial charge in [-0.1, -0.05) is 19.9 Å². The average molecular weight is 247 g/mol. The number of ketones is 1.